The molecule has 8 heteroatoms. The lowest BCUT2D eigenvalue weighted by Crippen LogP contribution is -2.10. The molecule has 0 saturated heterocycles. The summed E-state index contributed by atoms with van der Waals surface area (Å²) in [6.45, 7) is 1.49. The third kappa shape index (κ3) is 5.22. The SMILES string of the molecule is CCc1cc(SC(c2cccc(C(F)(F)F)c2)c2cccc3[nH]ccc23)ccc1OCC(=O)O. The summed E-state index contributed by atoms with van der Waals surface area (Å²) in [4.78, 5) is 14.9. The number of ether oxygens (including phenoxy) is 1. The van der Waals surface area contributed by atoms with Crippen LogP contribution in [-0.4, -0.2) is 22.7 Å². The van der Waals surface area contributed by atoms with Gasteiger partial charge in [-0.15, -0.1) is 11.8 Å². The van der Waals surface area contributed by atoms with Gasteiger partial charge in [0, 0.05) is 22.0 Å². The van der Waals surface area contributed by atoms with E-state index in [9.17, 15) is 18.0 Å². The van der Waals surface area contributed by atoms with Gasteiger partial charge in [-0.25, -0.2) is 4.79 Å². The Morgan fingerprint density at radius 2 is 1.88 bits per heavy atom. The summed E-state index contributed by atoms with van der Waals surface area (Å²) in [6.07, 6.45) is -2.01. The molecular weight excluding hydrogens is 463 g/mol. The molecule has 3 aromatic carbocycles. The number of hydrogen-bond acceptors (Lipinski definition) is 3. The van der Waals surface area contributed by atoms with Crippen LogP contribution in [-0.2, 0) is 17.4 Å². The number of aromatic nitrogens is 1. The Hall–Kier alpha value is -3.39. The van der Waals surface area contributed by atoms with Gasteiger partial charge in [-0.3, -0.25) is 0 Å². The summed E-state index contributed by atoms with van der Waals surface area (Å²) in [5.74, 6) is -0.581. The number of benzene rings is 3. The summed E-state index contributed by atoms with van der Waals surface area (Å²) < 4.78 is 45.8. The second kappa shape index (κ2) is 9.85. The van der Waals surface area contributed by atoms with Crippen LogP contribution in [0.25, 0.3) is 10.9 Å². The van der Waals surface area contributed by atoms with Crippen LogP contribution in [0.3, 0.4) is 0 Å². The number of carboxylic acid groups (broad SMARTS) is 1. The number of aromatic amines is 1. The predicted molar refractivity (Wildman–Crippen MR) is 126 cm³/mol. The fourth-order valence-electron chi connectivity index (χ4n) is 3.85. The normalized spacial score (nSPS) is 12.6. The van der Waals surface area contributed by atoms with E-state index in [-0.39, 0.29) is 0 Å². The zero-order chi connectivity index (χ0) is 24.3. The average Bonchev–Trinajstić information content (AvgIpc) is 3.30. The highest BCUT2D eigenvalue weighted by Crippen LogP contribution is 2.45. The Morgan fingerprint density at radius 3 is 2.62 bits per heavy atom. The molecule has 0 aliphatic rings. The summed E-state index contributed by atoms with van der Waals surface area (Å²) in [5.41, 5.74) is 2.48. The van der Waals surface area contributed by atoms with Crippen LogP contribution >= 0.6 is 11.8 Å². The smallest absolute Gasteiger partial charge is 0.416 e. The molecule has 1 atom stereocenters. The number of fused-ring (bicyclic) bond motifs is 1. The Labute approximate surface area is 198 Å². The maximum Gasteiger partial charge on any atom is 0.416 e. The molecular formula is C26H22F3NO3S. The number of rotatable bonds is 8. The minimum absolute atomic E-state index is 0.405. The highest BCUT2D eigenvalue weighted by molar-refractivity contribution is 7.99. The fourth-order valence-corrected chi connectivity index (χ4v) is 5.09. The maximum atomic E-state index is 13.5. The van der Waals surface area contributed by atoms with Gasteiger partial charge in [0.05, 0.1) is 10.8 Å². The first-order valence-corrected chi connectivity index (χ1v) is 11.5. The second-order valence-corrected chi connectivity index (χ2v) is 8.89. The van der Waals surface area contributed by atoms with E-state index in [1.165, 1.54) is 23.9 Å². The van der Waals surface area contributed by atoms with Gasteiger partial charge in [-0.05, 0) is 59.5 Å². The Bertz CT molecular complexity index is 1320. The van der Waals surface area contributed by atoms with Crippen molar-refractivity contribution < 1.29 is 27.8 Å². The Balaban J connectivity index is 1.77. The Kier molecular flexibility index (Phi) is 6.88. The average molecular weight is 486 g/mol. The lowest BCUT2D eigenvalue weighted by atomic mass is 9.99. The lowest BCUT2D eigenvalue weighted by Gasteiger charge is -2.21. The minimum atomic E-state index is -4.44. The van der Waals surface area contributed by atoms with Crippen molar-refractivity contribution >= 4 is 28.6 Å². The van der Waals surface area contributed by atoms with E-state index in [2.05, 4.69) is 4.98 Å². The van der Waals surface area contributed by atoms with Crippen molar-refractivity contribution in [1.29, 1.82) is 0 Å². The van der Waals surface area contributed by atoms with Gasteiger partial charge in [-0.2, -0.15) is 13.2 Å². The molecule has 0 saturated carbocycles. The van der Waals surface area contributed by atoms with Crippen molar-refractivity contribution in [2.75, 3.05) is 6.61 Å². The number of alkyl halides is 3. The van der Waals surface area contributed by atoms with Crippen molar-refractivity contribution in [1.82, 2.24) is 4.98 Å². The van der Waals surface area contributed by atoms with E-state index in [4.69, 9.17) is 9.84 Å². The van der Waals surface area contributed by atoms with Crippen LogP contribution in [0, 0.1) is 0 Å². The topological polar surface area (TPSA) is 62.3 Å². The van der Waals surface area contributed by atoms with E-state index in [1.54, 1.807) is 18.2 Å². The molecule has 4 rings (SSSR count). The molecule has 0 fully saturated rings. The molecule has 0 bridgehead atoms. The van der Waals surface area contributed by atoms with Gasteiger partial charge in [0.25, 0.3) is 0 Å². The fraction of sp³-hybridized carbons (Fsp3) is 0.192. The quantitative estimate of drug-likeness (QED) is 0.262. The standard InChI is InChI=1S/C26H22F3NO3S/c1-2-16-14-19(9-10-23(16)33-15-24(31)32)34-25(17-5-3-6-18(13-17)26(27,28)29)21-7-4-8-22-20(21)11-12-30-22/h3-14,25,30H,2,15H2,1H3,(H,31,32). The van der Waals surface area contributed by atoms with Gasteiger partial charge < -0.3 is 14.8 Å². The van der Waals surface area contributed by atoms with Gasteiger partial charge in [0.1, 0.15) is 5.75 Å². The Morgan fingerprint density at radius 1 is 1.09 bits per heavy atom. The van der Waals surface area contributed by atoms with E-state index >= 15 is 0 Å². The van der Waals surface area contributed by atoms with Crippen LogP contribution < -0.4 is 4.74 Å². The van der Waals surface area contributed by atoms with E-state index in [0.29, 0.717) is 17.7 Å². The highest BCUT2D eigenvalue weighted by atomic mass is 32.2. The molecule has 0 radical (unpaired) electrons. The molecule has 4 nitrogen and oxygen atoms in total. The van der Waals surface area contributed by atoms with Crippen molar-refractivity contribution in [2.45, 2.75) is 29.7 Å². The first-order valence-electron chi connectivity index (χ1n) is 10.6. The van der Waals surface area contributed by atoms with Gasteiger partial charge >= 0.3 is 12.1 Å². The first-order chi connectivity index (χ1) is 16.3. The summed E-state index contributed by atoms with van der Waals surface area (Å²) in [5, 5.41) is 9.43. The largest absolute Gasteiger partial charge is 0.482 e. The first kappa shape index (κ1) is 23.8. The monoisotopic (exact) mass is 485 g/mol. The number of nitrogens with one attached hydrogen (secondary N) is 1. The predicted octanol–water partition coefficient (Wildman–Crippen LogP) is 7.09. The molecule has 0 aliphatic heterocycles. The number of H-pyrrole nitrogens is 1. The molecule has 176 valence electrons. The number of aryl methyl sites for hydroxylation is 1. The zero-order valence-electron chi connectivity index (χ0n) is 18.2. The van der Waals surface area contributed by atoms with Crippen molar-refractivity contribution in [2.24, 2.45) is 0 Å². The van der Waals surface area contributed by atoms with Crippen LogP contribution in [0.1, 0.15) is 34.4 Å². The summed E-state index contributed by atoms with van der Waals surface area (Å²) >= 11 is 1.44. The molecule has 1 unspecified atom stereocenters. The van der Waals surface area contributed by atoms with Crippen molar-refractivity contribution in [3.8, 4) is 5.75 Å². The number of thioether (sulfide) groups is 1. The van der Waals surface area contributed by atoms with E-state index in [0.717, 1.165) is 33.0 Å². The molecule has 1 heterocycles. The zero-order valence-corrected chi connectivity index (χ0v) is 19.0. The number of hydrogen-bond donors (Lipinski definition) is 2. The van der Waals surface area contributed by atoms with E-state index in [1.807, 2.05) is 43.5 Å². The summed E-state index contributed by atoms with van der Waals surface area (Å²) in [7, 11) is 0. The lowest BCUT2D eigenvalue weighted by molar-refractivity contribution is -0.139. The molecule has 0 spiro atoms. The summed E-state index contributed by atoms with van der Waals surface area (Å²) in [6, 6.07) is 18.5. The highest BCUT2D eigenvalue weighted by Gasteiger charge is 2.31. The number of carboxylic acids is 1. The number of carbonyl (C=O) groups is 1. The van der Waals surface area contributed by atoms with Gasteiger partial charge in [0.15, 0.2) is 6.61 Å². The molecule has 34 heavy (non-hydrogen) atoms. The second-order valence-electron chi connectivity index (χ2n) is 7.71. The van der Waals surface area contributed by atoms with Gasteiger partial charge in [0.2, 0.25) is 0 Å². The number of halogens is 3. The molecule has 2 N–H and O–H groups in total. The van der Waals surface area contributed by atoms with Crippen LogP contribution in [0.15, 0.2) is 77.8 Å². The van der Waals surface area contributed by atoms with Crippen molar-refractivity contribution in [3.05, 3.63) is 95.2 Å². The molecule has 0 aliphatic carbocycles. The van der Waals surface area contributed by atoms with Crippen LogP contribution in [0.4, 0.5) is 13.2 Å². The van der Waals surface area contributed by atoms with Gasteiger partial charge in [-0.1, -0.05) is 37.3 Å². The van der Waals surface area contributed by atoms with Crippen molar-refractivity contribution in [3.63, 3.8) is 0 Å². The number of aliphatic carboxylic acids is 1. The maximum absolute atomic E-state index is 13.5. The molecule has 0 amide bonds. The third-order valence-electron chi connectivity index (χ3n) is 5.45. The van der Waals surface area contributed by atoms with E-state index < -0.39 is 29.6 Å². The minimum Gasteiger partial charge on any atom is -0.482 e. The third-order valence-corrected chi connectivity index (χ3v) is 6.73. The molecule has 1 aromatic heterocycles. The van der Waals surface area contributed by atoms with Crippen LogP contribution in [0.5, 0.6) is 5.75 Å². The van der Waals surface area contributed by atoms with Crippen LogP contribution in [0.2, 0.25) is 0 Å². The molecule has 4 aromatic rings.